The fourth-order valence-corrected chi connectivity index (χ4v) is 4.29. The fourth-order valence-electron chi connectivity index (χ4n) is 3.37. The Morgan fingerprint density at radius 3 is 2.57 bits per heavy atom. The number of carbonyl (C=O) groups excluding carboxylic acids is 2. The number of amides is 1. The maximum Gasteiger partial charge on any atom is 0.338 e. The summed E-state index contributed by atoms with van der Waals surface area (Å²) in [7, 11) is -1.23. The van der Waals surface area contributed by atoms with E-state index in [0.717, 1.165) is 25.3 Å². The van der Waals surface area contributed by atoms with Gasteiger partial charge in [0.15, 0.2) is 6.61 Å². The van der Waals surface area contributed by atoms with Gasteiger partial charge in [-0.25, -0.2) is 17.9 Å². The van der Waals surface area contributed by atoms with Crippen molar-refractivity contribution in [1.82, 2.24) is 10.0 Å². The number of esters is 1. The molecule has 1 saturated carbocycles. The quantitative estimate of drug-likeness (QED) is 0.660. The number of hydrogen-bond donors (Lipinski definition) is 2. The summed E-state index contributed by atoms with van der Waals surface area (Å²) in [6.45, 7) is 3.86. The predicted octanol–water partition coefficient (Wildman–Crippen LogP) is 1.70. The van der Waals surface area contributed by atoms with Crippen LogP contribution in [-0.4, -0.2) is 47.1 Å². The molecule has 2 N–H and O–H groups in total. The molecule has 0 heterocycles. The van der Waals surface area contributed by atoms with Crippen LogP contribution in [0.15, 0.2) is 23.1 Å². The van der Waals surface area contributed by atoms with Crippen LogP contribution in [0.3, 0.4) is 0 Å². The van der Waals surface area contributed by atoms with Gasteiger partial charge < -0.3 is 14.8 Å². The van der Waals surface area contributed by atoms with E-state index in [0.29, 0.717) is 11.8 Å². The molecule has 1 aromatic carbocycles. The average Bonchev–Trinajstić information content (AvgIpc) is 2.69. The van der Waals surface area contributed by atoms with Gasteiger partial charge in [0.2, 0.25) is 10.0 Å². The Kier molecular flexibility index (Phi) is 7.42. The van der Waals surface area contributed by atoms with Crippen LogP contribution in [0.2, 0.25) is 0 Å². The van der Waals surface area contributed by atoms with Gasteiger partial charge in [-0.3, -0.25) is 4.79 Å². The van der Waals surface area contributed by atoms with Crippen molar-refractivity contribution in [3.05, 3.63) is 23.8 Å². The molecule has 1 aromatic rings. The summed E-state index contributed by atoms with van der Waals surface area (Å²) in [6.07, 6.45) is 3.12. The molecule has 0 bridgehead atoms. The first-order valence-electron chi connectivity index (χ1n) is 9.27. The first-order chi connectivity index (χ1) is 13.2. The molecule has 1 aliphatic carbocycles. The zero-order valence-electron chi connectivity index (χ0n) is 16.7. The smallest absolute Gasteiger partial charge is 0.338 e. The number of nitrogens with one attached hydrogen (secondary N) is 2. The van der Waals surface area contributed by atoms with Crippen LogP contribution in [0.4, 0.5) is 0 Å². The fraction of sp³-hybridized carbons (Fsp3) is 0.579. The predicted molar refractivity (Wildman–Crippen MR) is 104 cm³/mol. The zero-order valence-corrected chi connectivity index (χ0v) is 17.5. The molecule has 0 spiro atoms. The largest absolute Gasteiger partial charge is 0.495 e. The van der Waals surface area contributed by atoms with E-state index in [-0.39, 0.29) is 28.2 Å². The minimum atomic E-state index is -3.82. The first-order valence-corrected chi connectivity index (χ1v) is 10.8. The summed E-state index contributed by atoms with van der Waals surface area (Å²) >= 11 is 0. The molecule has 0 unspecified atom stereocenters. The van der Waals surface area contributed by atoms with E-state index in [1.165, 1.54) is 26.3 Å². The van der Waals surface area contributed by atoms with Crippen molar-refractivity contribution in [1.29, 1.82) is 0 Å². The highest BCUT2D eigenvalue weighted by atomic mass is 32.2. The van der Waals surface area contributed by atoms with E-state index in [2.05, 4.69) is 23.9 Å². The SMILES string of the molecule is CNS(=O)(=O)c1cc(C(=O)OCC(=O)N[C@H]2CCC[C@H](C)[C@H]2C)ccc1OC. The zero-order chi connectivity index (χ0) is 20.9. The van der Waals surface area contributed by atoms with E-state index in [1.807, 2.05) is 0 Å². The summed E-state index contributed by atoms with van der Waals surface area (Å²) in [5.41, 5.74) is 0.0158. The summed E-state index contributed by atoms with van der Waals surface area (Å²) in [5, 5.41) is 2.93. The van der Waals surface area contributed by atoms with Crippen LogP contribution in [-0.2, 0) is 19.6 Å². The van der Waals surface area contributed by atoms with E-state index >= 15 is 0 Å². The summed E-state index contributed by atoms with van der Waals surface area (Å²) in [5.74, 6) is -0.145. The third-order valence-electron chi connectivity index (χ3n) is 5.35. The maximum absolute atomic E-state index is 12.3. The van der Waals surface area contributed by atoms with E-state index in [1.54, 1.807) is 0 Å². The van der Waals surface area contributed by atoms with Gasteiger partial charge in [0.1, 0.15) is 10.6 Å². The molecule has 0 radical (unpaired) electrons. The molecule has 0 saturated heterocycles. The molecule has 1 amide bonds. The first kappa shape index (κ1) is 22.2. The molecule has 9 heteroatoms. The van der Waals surface area contributed by atoms with E-state index in [4.69, 9.17) is 9.47 Å². The normalized spacial score (nSPS) is 22.4. The molecule has 0 aromatic heterocycles. The highest BCUT2D eigenvalue weighted by Crippen LogP contribution is 2.29. The third-order valence-corrected chi connectivity index (χ3v) is 6.78. The van der Waals surface area contributed by atoms with Gasteiger partial charge in [0.25, 0.3) is 5.91 Å². The number of ether oxygens (including phenoxy) is 2. The molecule has 156 valence electrons. The third kappa shape index (κ3) is 5.23. The van der Waals surface area contributed by atoms with Crippen LogP contribution < -0.4 is 14.8 Å². The van der Waals surface area contributed by atoms with Crippen molar-refractivity contribution in [2.45, 2.75) is 44.0 Å². The van der Waals surface area contributed by atoms with Crippen LogP contribution in [0, 0.1) is 11.8 Å². The average molecular weight is 413 g/mol. The van der Waals surface area contributed by atoms with Crippen LogP contribution in [0.5, 0.6) is 5.75 Å². The molecule has 1 aliphatic rings. The van der Waals surface area contributed by atoms with Crippen LogP contribution in [0.25, 0.3) is 0 Å². The van der Waals surface area contributed by atoms with Gasteiger partial charge in [-0.1, -0.05) is 26.7 Å². The van der Waals surface area contributed by atoms with Gasteiger partial charge in [-0.15, -0.1) is 0 Å². The summed E-state index contributed by atoms with van der Waals surface area (Å²) in [4.78, 5) is 24.2. The van der Waals surface area contributed by atoms with Crippen molar-refractivity contribution >= 4 is 21.9 Å². The molecule has 28 heavy (non-hydrogen) atoms. The van der Waals surface area contributed by atoms with Crippen LogP contribution in [0.1, 0.15) is 43.5 Å². The minimum Gasteiger partial charge on any atom is -0.495 e. The van der Waals surface area contributed by atoms with Gasteiger partial charge in [0.05, 0.1) is 12.7 Å². The molecule has 3 atom stereocenters. The molecule has 1 fully saturated rings. The number of benzene rings is 1. The molecule has 2 rings (SSSR count). The van der Waals surface area contributed by atoms with Crippen molar-refractivity contribution in [3.8, 4) is 5.75 Å². The lowest BCUT2D eigenvalue weighted by molar-refractivity contribution is -0.125. The highest BCUT2D eigenvalue weighted by Gasteiger charge is 2.28. The van der Waals surface area contributed by atoms with Crippen molar-refractivity contribution in [2.24, 2.45) is 11.8 Å². The number of rotatable bonds is 7. The van der Waals surface area contributed by atoms with Crippen molar-refractivity contribution < 1.29 is 27.5 Å². The number of carbonyl (C=O) groups is 2. The standard InChI is InChI=1S/C19H28N2O6S/c1-12-6-5-7-15(13(12)2)21-18(22)11-27-19(23)14-8-9-16(26-4)17(10-14)28(24,25)20-3/h8-10,12-13,15,20H,5-7,11H2,1-4H3,(H,21,22)/t12-,13+,15-/m0/s1. The maximum atomic E-state index is 12.3. The second-order valence-corrected chi connectivity index (χ2v) is 8.95. The lowest BCUT2D eigenvalue weighted by Gasteiger charge is -2.34. The van der Waals surface area contributed by atoms with Crippen LogP contribution >= 0.6 is 0 Å². The molecular weight excluding hydrogens is 384 g/mol. The number of sulfonamides is 1. The Hall–Kier alpha value is -2.13. The Balaban J connectivity index is 2.01. The lowest BCUT2D eigenvalue weighted by atomic mass is 9.78. The van der Waals surface area contributed by atoms with Gasteiger partial charge in [-0.05, 0) is 43.5 Å². The topological polar surface area (TPSA) is 111 Å². The second kappa shape index (κ2) is 9.38. The Morgan fingerprint density at radius 2 is 1.93 bits per heavy atom. The lowest BCUT2D eigenvalue weighted by Crippen LogP contribution is -2.45. The highest BCUT2D eigenvalue weighted by molar-refractivity contribution is 7.89. The van der Waals surface area contributed by atoms with Gasteiger partial charge in [0, 0.05) is 6.04 Å². The van der Waals surface area contributed by atoms with Crippen molar-refractivity contribution in [3.63, 3.8) is 0 Å². The molecule has 0 aliphatic heterocycles. The molecular formula is C19H28N2O6S. The van der Waals surface area contributed by atoms with E-state index < -0.39 is 22.6 Å². The molecule has 8 nitrogen and oxygen atoms in total. The summed E-state index contributed by atoms with van der Waals surface area (Å²) in [6, 6.07) is 3.99. The number of hydrogen-bond acceptors (Lipinski definition) is 6. The monoisotopic (exact) mass is 412 g/mol. The Morgan fingerprint density at radius 1 is 1.21 bits per heavy atom. The minimum absolute atomic E-state index is 0.0158. The van der Waals surface area contributed by atoms with Gasteiger partial charge >= 0.3 is 5.97 Å². The number of methoxy groups -OCH3 is 1. The Bertz CT molecular complexity index is 824. The van der Waals surface area contributed by atoms with Crippen molar-refractivity contribution in [2.75, 3.05) is 20.8 Å². The summed E-state index contributed by atoms with van der Waals surface area (Å²) < 4.78 is 36.5. The second-order valence-electron chi connectivity index (χ2n) is 7.09. The Labute approximate surface area is 166 Å². The van der Waals surface area contributed by atoms with E-state index in [9.17, 15) is 18.0 Å². The van der Waals surface area contributed by atoms with Gasteiger partial charge in [-0.2, -0.15) is 0 Å².